The third-order valence-electron chi connectivity index (χ3n) is 2.36. The highest BCUT2D eigenvalue weighted by Crippen LogP contribution is 2.21. The summed E-state index contributed by atoms with van der Waals surface area (Å²) in [6.45, 7) is 1.54. The second kappa shape index (κ2) is 5.19. The first-order chi connectivity index (χ1) is 8.90. The van der Waals surface area contributed by atoms with E-state index in [2.05, 4.69) is 14.9 Å². The smallest absolute Gasteiger partial charge is 0.270 e. The van der Waals surface area contributed by atoms with Gasteiger partial charge in [0.15, 0.2) is 0 Å². The molecule has 19 heavy (non-hydrogen) atoms. The molecule has 3 N–H and O–H groups in total. The summed E-state index contributed by atoms with van der Waals surface area (Å²) in [6, 6.07) is 5.22. The average Bonchev–Trinajstić information content (AvgIpc) is 2.76. The van der Waals surface area contributed by atoms with Gasteiger partial charge in [0, 0.05) is 11.6 Å². The van der Waals surface area contributed by atoms with Crippen molar-refractivity contribution in [1.29, 1.82) is 0 Å². The Balaban J connectivity index is 2.24. The van der Waals surface area contributed by atoms with Crippen LogP contribution < -0.4 is 10.5 Å². The van der Waals surface area contributed by atoms with Gasteiger partial charge < -0.3 is 5.73 Å². The fraction of sp³-hybridized carbons (Fsp3) is 0.200. The molecule has 0 aliphatic carbocycles. The van der Waals surface area contributed by atoms with Crippen LogP contribution in [0.15, 0.2) is 28.6 Å². The zero-order valence-electron chi connectivity index (χ0n) is 9.87. The van der Waals surface area contributed by atoms with E-state index in [1.807, 2.05) is 0 Å². The van der Waals surface area contributed by atoms with Crippen molar-refractivity contribution in [2.45, 2.75) is 17.3 Å². The van der Waals surface area contributed by atoms with Gasteiger partial charge in [-0.05, 0) is 13.0 Å². The summed E-state index contributed by atoms with van der Waals surface area (Å²) >= 11 is 0.747. The van der Waals surface area contributed by atoms with E-state index in [9.17, 15) is 12.8 Å². The Bertz CT molecular complexity index is 686. The first kappa shape index (κ1) is 13.8. The molecule has 6 nitrogen and oxygen atoms in total. The van der Waals surface area contributed by atoms with Crippen LogP contribution in [-0.4, -0.2) is 18.6 Å². The zero-order valence-corrected chi connectivity index (χ0v) is 11.5. The molecule has 0 saturated carbocycles. The van der Waals surface area contributed by atoms with E-state index in [1.165, 1.54) is 18.2 Å². The maximum atomic E-state index is 13.5. The van der Waals surface area contributed by atoms with Gasteiger partial charge >= 0.3 is 0 Å². The number of anilines is 1. The minimum Gasteiger partial charge on any atom is -0.374 e. The molecule has 102 valence electrons. The van der Waals surface area contributed by atoms with Gasteiger partial charge in [0.1, 0.15) is 5.82 Å². The Morgan fingerprint density at radius 3 is 2.63 bits per heavy atom. The minimum absolute atomic E-state index is 0.0546. The zero-order chi connectivity index (χ0) is 14.0. The molecule has 1 aromatic carbocycles. The first-order valence-corrected chi connectivity index (χ1v) is 7.56. The monoisotopic (exact) mass is 302 g/mol. The number of benzene rings is 1. The number of hydrogen-bond donors (Lipinski definition) is 2. The molecule has 1 atom stereocenters. The highest BCUT2D eigenvalue weighted by molar-refractivity contribution is 7.91. The summed E-state index contributed by atoms with van der Waals surface area (Å²) in [6.07, 6.45) is 0. The molecule has 0 fully saturated rings. The lowest BCUT2D eigenvalue weighted by atomic mass is 10.1. The summed E-state index contributed by atoms with van der Waals surface area (Å²) in [7, 11) is -3.86. The van der Waals surface area contributed by atoms with Gasteiger partial charge in [-0.1, -0.05) is 29.5 Å². The molecule has 0 saturated heterocycles. The number of nitrogens with two attached hydrogens (primary N) is 1. The molecule has 0 radical (unpaired) electrons. The van der Waals surface area contributed by atoms with Crippen LogP contribution in [0.3, 0.4) is 0 Å². The van der Waals surface area contributed by atoms with E-state index in [1.54, 1.807) is 13.0 Å². The van der Waals surface area contributed by atoms with E-state index >= 15 is 0 Å². The third kappa shape index (κ3) is 3.06. The largest absolute Gasteiger partial charge is 0.374 e. The van der Waals surface area contributed by atoms with Crippen molar-refractivity contribution in [3.63, 3.8) is 0 Å². The number of hydrogen-bond acceptors (Lipinski definition) is 6. The molecule has 0 bridgehead atoms. The number of sulfonamides is 1. The second-order valence-electron chi connectivity index (χ2n) is 3.77. The van der Waals surface area contributed by atoms with Crippen molar-refractivity contribution in [3.8, 4) is 0 Å². The molecule has 0 spiro atoms. The topological polar surface area (TPSA) is 98.0 Å². The van der Waals surface area contributed by atoms with Crippen LogP contribution in [0.5, 0.6) is 0 Å². The maximum Gasteiger partial charge on any atom is 0.270 e. The van der Waals surface area contributed by atoms with Gasteiger partial charge in [-0.3, -0.25) is 0 Å². The fourth-order valence-electron chi connectivity index (χ4n) is 1.50. The molecule has 0 aliphatic rings. The van der Waals surface area contributed by atoms with Gasteiger partial charge in [-0.15, -0.1) is 10.2 Å². The van der Waals surface area contributed by atoms with E-state index in [-0.39, 0.29) is 15.0 Å². The molecule has 2 rings (SSSR count). The summed E-state index contributed by atoms with van der Waals surface area (Å²) in [5, 5.41) is 6.94. The fourth-order valence-corrected chi connectivity index (χ4v) is 3.52. The molecule has 1 aromatic heterocycles. The SMILES string of the molecule is CC(NS(=O)(=O)c1nnc(N)s1)c1ccccc1F. The van der Waals surface area contributed by atoms with E-state index in [0.29, 0.717) is 0 Å². The van der Waals surface area contributed by atoms with Gasteiger partial charge in [-0.2, -0.15) is 0 Å². The lowest BCUT2D eigenvalue weighted by molar-refractivity contribution is 0.549. The van der Waals surface area contributed by atoms with Crippen LogP contribution >= 0.6 is 11.3 Å². The van der Waals surface area contributed by atoms with Crippen molar-refractivity contribution >= 4 is 26.5 Å². The second-order valence-corrected chi connectivity index (χ2v) is 6.67. The van der Waals surface area contributed by atoms with Crippen molar-refractivity contribution in [2.75, 3.05) is 5.73 Å². The Morgan fingerprint density at radius 2 is 2.05 bits per heavy atom. The summed E-state index contributed by atoms with van der Waals surface area (Å²) in [5.74, 6) is -0.477. The molecule has 2 aromatic rings. The van der Waals surface area contributed by atoms with Gasteiger partial charge in [-0.25, -0.2) is 17.5 Å². The number of rotatable bonds is 4. The predicted octanol–water partition coefficient (Wildman–Crippen LogP) is 1.30. The van der Waals surface area contributed by atoms with Gasteiger partial charge in [0.05, 0.1) is 0 Å². The van der Waals surface area contributed by atoms with Gasteiger partial charge in [0.2, 0.25) is 9.47 Å². The molecular weight excluding hydrogens is 291 g/mol. The Hall–Kier alpha value is -1.58. The van der Waals surface area contributed by atoms with Crippen LogP contribution in [0.1, 0.15) is 18.5 Å². The van der Waals surface area contributed by atoms with Gasteiger partial charge in [0.25, 0.3) is 10.0 Å². The summed E-state index contributed by atoms with van der Waals surface area (Å²) in [5.41, 5.74) is 5.59. The number of aromatic nitrogens is 2. The maximum absolute atomic E-state index is 13.5. The number of nitrogens with one attached hydrogen (secondary N) is 1. The van der Waals surface area contributed by atoms with E-state index in [0.717, 1.165) is 11.3 Å². The van der Waals surface area contributed by atoms with Crippen molar-refractivity contribution in [3.05, 3.63) is 35.6 Å². The Labute approximate surface area is 113 Å². The van der Waals surface area contributed by atoms with Crippen LogP contribution in [0, 0.1) is 5.82 Å². The Morgan fingerprint density at radius 1 is 1.37 bits per heavy atom. The summed E-state index contributed by atoms with van der Waals surface area (Å²) in [4.78, 5) is 0. The number of nitrogens with zero attached hydrogens (tertiary/aromatic N) is 2. The third-order valence-corrected chi connectivity index (χ3v) is 5.02. The molecule has 1 unspecified atom stereocenters. The standard InChI is InChI=1S/C10H11FN4O2S2/c1-6(7-4-2-3-5-8(7)11)15-19(16,17)10-14-13-9(12)18-10/h2-6,15H,1H3,(H2,12,13). The van der Waals surface area contributed by atoms with Crippen LogP contribution in [0.25, 0.3) is 0 Å². The lowest BCUT2D eigenvalue weighted by Crippen LogP contribution is -2.27. The van der Waals surface area contributed by atoms with Crippen LogP contribution in [-0.2, 0) is 10.0 Å². The molecule has 0 aliphatic heterocycles. The lowest BCUT2D eigenvalue weighted by Gasteiger charge is -2.13. The van der Waals surface area contributed by atoms with E-state index in [4.69, 9.17) is 5.73 Å². The van der Waals surface area contributed by atoms with Crippen LogP contribution in [0.4, 0.5) is 9.52 Å². The van der Waals surface area contributed by atoms with Crippen molar-refractivity contribution in [2.24, 2.45) is 0 Å². The summed E-state index contributed by atoms with van der Waals surface area (Å²) < 4.78 is 39.5. The quantitative estimate of drug-likeness (QED) is 0.887. The Kier molecular flexibility index (Phi) is 3.78. The van der Waals surface area contributed by atoms with Crippen molar-refractivity contribution < 1.29 is 12.8 Å². The molecule has 1 heterocycles. The average molecular weight is 302 g/mol. The normalized spacial score (nSPS) is 13.4. The van der Waals surface area contributed by atoms with Crippen molar-refractivity contribution in [1.82, 2.24) is 14.9 Å². The number of halogens is 1. The molecule has 0 amide bonds. The predicted molar refractivity (Wildman–Crippen MR) is 69.5 cm³/mol. The van der Waals surface area contributed by atoms with E-state index < -0.39 is 21.9 Å². The highest BCUT2D eigenvalue weighted by Gasteiger charge is 2.23. The minimum atomic E-state index is -3.86. The van der Waals surface area contributed by atoms with Crippen LogP contribution in [0.2, 0.25) is 0 Å². The molecule has 9 heteroatoms. The highest BCUT2D eigenvalue weighted by atomic mass is 32.2. The number of nitrogen functional groups attached to an aromatic ring is 1. The first-order valence-electron chi connectivity index (χ1n) is 5.26. The molecular formula is C10H11FN4O2S2.